The Bertz CT molecular complexity index is 922. The van der Waals surface area contributed by atoms with Crippen molar-refractivity contribution in [2.24, 2.45) is 0 Å². The van der Waals surface area contributed by atoms with Crippen LogP contribution in [0.3, 0.4) is 0 Å². The lowest BCUT2D eigenvalue weighted by atomic mass is 9.87. The molecule has 34 heavy (non-hydrogen) atoms. The van der Waals surface area contributed by atoms with Crippen LogP contribution in [0.5, 0.6) is 0 Å². The minimum absolute atomic E-state index is 0.0277. The van der Waals surface area contributed by atoms with Crippen molar-refractivity contribution in [2.75, 3.05) is 11.9 Å². The van der Waals surface area contributed by atoms with Crippen molar-refractivity contribution in [1.82, 2.24) is 0 Å². The molecule has 0 aliphatic heterocycles. The third-order valence-electron chi connectivity index (χ3n) is 6.10. The maximum absolute atomic E-state index is 13.1. The minimum atomic E-state index is -0.329. The molecule has 1 aromatic carbocycles. The van der Waals surface area contributed by atoms with Gasteiger partial charge in [-0.3, -0.25) is 4.79 Å². The first-order chi connectivity index (χ1) is 16.2. The highest BCUT2D eigenvalue weighted by molar-refractivity contribution is 7.17. The van der Waals surface area contributed by atoms with Crippen LogP contribution in [0.25, 0.3) is 0 Å². The number of hydrogen-bond donors (Lipinski definition) is 1. The van der Waals surface area contributed by atoms with E-state index < -0.39 is 0 Å². The second-order valence-electron chi connectivity index (χ2n) is 9.98. The second kappa shape index (κ2) is 13.7. The molecule has 2 rings (SSSR count). The molecule has 0 radical (unpaired) electrons. The fourth-order valence-electron chi connectivity index (χ4n) is 4.05. The van der Waals surface area contributed by atoms with Crippen LogP contribution in [-0.2, 0) is 23.0 Å². The van der Waals surface area contributed by atoms with Crippen molar-refractivity contribution in [3.05, 3.63) is 51.4 Å². The summed E-state index contributed by atoms with van der Waals surface area (Å²) in [7, 11) is 0. The Balaban J connectivity index is 2.37. The van der Waals surface area contributed by atoms with Crippen molar-refractivity contribution < 1.29 is 14.3 Å². The molecule has 2 aromatic rings. The molecule has 5 heteroatoms. The van der Waals surface area contributed by atoms with Gasteiger partial charge in [-0.2, -0.15) is 0 Å². The lowest BCUT2D eigenvalue weighted by molar-refractivity contribution is 0.0526. The highest BCUT2D eigenvalue weighted by atomic mass is 32.1. The molecule has 0 aliphatic rings. The van der Waals surface area contributed by atoms with E-state index in [1.165, 1.54) is 23.3 Å². The second-order valence-corrected chi connectivity index (χ2v) is 11.1. The third kappa shape index (κ3) is 7.97. The van der Waals surface area contributed by atoms with Crippen molar-refractivity contribution >= 4 is 28.2 Å². The molecule has 0 aliphatic carbocycles. The Morgan fingerprint density at radius 1 is 0.882 bits per heavy atom. The van der Waals surface area contributed by atoms with Crippen molar-refractivity contribution in [3.63, 3.8) is 0 Å². The molecule has 0 spiro atoms. The summed E-state index contributed by atoms with van der Waals surface area (Å²) in [5.74, 6) is -0.519. The van der Waals surface area contributed by atoms with Gasteiger partial charge in [-0.15, -0.1) is 11.3 Å². The first-order valence-corrected chi connectivity index (χ1v) is 13.8. The molecular formula is C29H43NO3S. The standard InChI is InChI=1S/C29H43NO3S/c1-7-10-12-14-15-23-24(16-13-11-8-2)34-27(25(23)28(32)33-9-3)30-26(31)21-17-19-22(20-18-21)29(4,5)6/h17-20H,7-16H2,1-6H3,(H,30,31). The van der Waals surface area contributed by atoms with Gasteiger partial charge in [0.25, 0.3) is 5.91 Å². The number of carbonyl (C=O) groups excluding carboxylic acids is 2. The fourth-order valence-corrected chi connectivity index (χ4v) is 5.32. The molecule has 0 fully saturated rings. The van der Waals surface area contributed by atoms with E-state index in [2.05, 4.69) is 39.9 Å². The average molecular weight is 486 g/mol. The van der Waals surface area contributed by atoms with E-state index in [1.807, 2.05) is 31.2 Å². The summed E-state index contributed by atoms with van der Waals surface area (Å²) in [6.07, 6.45) is 9.73. The summed E-state index contributed by atoms with van der Waals surface area (Å²) in [4.78, 5) is 27.4. The summed E-state index contributed by atoms with van der Waals surface area (Å²) in [6, 6.07) is 7.73. The molecule has 1 aromatic heterocycles. The molecule has 1 heterocycles. The van der Waals surface area contributed by atoms with Gasteiger partial charge < -0.3 is 10.1 Å². The van der Waals surface area contributed by atoms with Crippen LogP contribution in [0, 0.1) is 0 Å². The maximum atomic E-state index is 13.1. The number of unbranched alkanes of at least 4 members (excludes halogenated alkanes) is 5. The highest BCUT2D eigenvalue weighted by Crippen LogP contribution is 2.37. The Kier molecular flexibility index (Phi) is 11.3. The largest absolute Gasteiger partial charge is 0.462 e. The molecule has 1 N–H and O–H groups in total. The van der Waals surface area contributed by atoms with Gasteiger partial charge in [0.05, 0.1) is 12.2 Å². The number of carbonyl (C=O) groups is 2. The molecule has 0 bridgehead atoms. The van der Waals surface area contributed by atoms with Gasteiger partial charge >= 0.3 is 5.97 Å². The van der Waals surface area contributed by atoms with Gasteiger partial charge in [-0.1, -0.05) is 78.9 Å². The zero-order valence-electron chi connectivity index (χ0n) is 22.0. The quantitative estimate of drug-likeness (QED) is 0.229. The predicted molar refractivity (Wildman–Crippen MR) is 144 cm³/mol. The monoisotopic (exact) mass is 485 g/mol. The Hall–Kier alpha value is -2.14. The third-order valence-corrected chi connectivity index (χ3v) is 7.31. The van der Waals surface area contributed by atoms with E-state index in [0.717, 1.165) is 50.5 Å². The van der Waals surface area contributed by atoms with Crippen molar-refractivity contribution in [2.45, 2.75) is 105 Å². The summed E-state index contributed by atoms with van der Waals surface area (Å²) >= 11 is 1.55. The van der Waals surface area contributed by atoms with Crippen LogP contribution in [0.1, 0.15) is 123 Å². The number of anilines is 1. The first kappa shape index (κ1) is 28.1. The van der Waals surface area contributed by atoms with Gasteiger partial charge in [0.1, 0.15) is 5.00 Å². The normalized spacial score (nSPS) is 11.5. The number of nitrogens with one attached hydrogen (secondary N) is 1. The minimum Gasteiger partial charge on any atom is -0.462 e. The topological polar surface area (TPSA) is 55.4 Å². The van der Waals surface area contributed by atoms with E-state index in [0.29, 0.717) is 22.7 Å². The van der Waals surface area contributed by atoms with E-state index in [1.54, 1.807) is 11.3 Å². The van der Waals surface area contributed by atoms with Gasteiger partial charge in [0.15, 0.2) is 0 Å². The molecule has 4 nitrogen and oxygen atoms in total. The van der Waals surface area contributed by atoms with Crippen molar-refractivity contribution in [3.8, 4) is 0 Å². The van der Waals surface area contributed by atoms with Gasteiger partial charge in [-0.05, 0) is 61.3 Å². The van der Waals surface area contributed by atoms with Crippen LogP contribution < -0.4 is 5.32 Å². The van der Waals surface area contributed by atoms with Crippen molar-refractivity contribution in [1.29, 1.82) is 0 Å². The van der Waals surface area contributed by atoms with Crippen LogP contribution in [-0.4, -0.2) is 18.5 Å². The summed E-state index contributed by atoms with van der Waals surface area (Å²) in [6.45, 7) is 13.0. The smallest absolute Gasteiger partial charge is 0.341 e. The Labute approximate surface area is 210 Å². The molecule has 0 saturated heterocycles. The zero-order chi connectivity index (χ0) is 25.1. The SMILES string of the molecule is CCCCCCc1c(CCCCC)sc(NC(=O)c2ccc(C(C)(C)C)cc2)c1C(=O)OCC. The highest BCUT2D eigenvalue weighted by Gasteiger charge is 2.26. The van der Waals surface area contributed by atoms with E-state index in [9.17, 15) is 9.59 Å². The van der Waals surface area contributed by atoms with Gasteiger partial charge in [0, 0.05) is 10.4 Å². The molecule has 0 atom stereocenters. The maximum Gasteiger partial charge on any atom is 0.341 e. The van der Waals surface area contributed by atoms with Gasteiger partial charge in [-0.25, -0.2) is 4.79 Å². The molecule has 0 saturated carbocycles. The number of rotatable bonds is 13. The van der Waals surface area contributed by atoms with Crippen LogP contribution >= 0.6 is 11.3 Å². The summed E-state index contributed by atoms with van der Waals surface area (Å²) < 4.78 is 5.43. The van der Waals surface area contributed by atoms with E-state index in [4.69, 9.17) is 4.74 Å². The summed E-state index contributed by atoms with van der Waals surface area (Å²) in [5, 5.41) is 3.68. The molecule has 188 valence electrons. The molecule has 1 amide bonds. The van der Waals surface area contributed by atoms with Crippen LogP contribution in [0.4, 0.5) is 5.00 Å². The zero-order valence-corrected chi connectivity index (χ0v) is 22.8. The Morgan fingerprint density at radius 3 is 2.09 bits per heavy atom. The van der Waals surface area contributed by atoms with E-state index in [-0.39, 0.29) is 17.3 Å². The Morgan fingerprint density at radius 2 is 1.50 bits per heavy atom. The number of benzene rings is 1. The number of esters is 1. The summed E-state index contributed by atoms with van der Waals surface area (Å²) in [5.41, 5.74) is 3.44. The number of aryl methyl sites for hydroxylation is 1. The molecular weight excluding hydrogens is 442 g/mol. The lowest BCUT2D eigenvalue weighted by Crippen LogP contribution is -2.16. The number of hydrogen-bond acceptors (Lipinski definition) is 4. The number of thiophene rings is 1. The first-order valence-electron chi connectivity index (χ1n) is 13.0. The van der Waals surface area contributed by atoms with Crippen LogP contribution in [0.15, 0.2) is 24.3 Å². The number of amides is 1. The fraction of sp³-hybridized carbons (Fsp3) is 0.586. The van der Waals surface area contributed by atoms with Crippen LogP contribution in [0.2, 0.25) is 0 Å². The van der Waals surface area contributed by atoms with E-state index >= 15 is 0 Å². The predicted octanol–water partition coefficient (Wildman–Crippen LogP) is 8.33. The number of ether oxygens (including phenoxy) is 1. The average Bonchev–Trinajstić information content (AvgIpc) is 3.13. The molecule has 0 unspecified atom stereocenters. The lowest BCUT2D eigenvalue weighted by Gasteiger charge is -2.19. The van der Waals surface area contributed by atoms with Gasteiger partial charge in [0.2, 0.25) is 0 Å².